The molecule has 3 amide bonds. The highest BCUT2D eigenvalue weighted by Crippen LogP contribution is 2.33. The van der Waals surface area contributed by atoms with Gasteiger partial charge in [0, 0.05) is 23.2 Å². The fourth-order valence-corrected chi connectivity index (χ4v) is 4.15. The molecule has 2 aromatic rings. The highest BCUT2D eigenvalue weighted by atomic mass is 79.9. The molecular weight excluding hydrogens is 448 g/mol. The molecule has 2 aromatic carbocycles. The third-order valence-corrected chi connectivity index (χ3v) is 5.95. The number of hydrogen-bond donors (Lipinski definition) is 2. The van der Waals surface area contributed by atoms with Gasteiger partial charge in [0.05, 0.1) is 24.3 Å². The molecule has 2 aliphatic rings. The van der Waals surface area contributed by atoms with Crippen molar-refractivity contribution in [3.8, 4) is 0 Å². The summed E-state index contributed by atoms with van der Waals surface area (Å²) in [5, 5.41) is 5.70. The molecule has 0 saturated carbocycles. The number of carbonyl (C=O) groups excluding carboxylic acids is 3. The van der Waals surface area contributed by atoms with Crippen LogP contribution in [-0.2, 0) is 14.4 Å². The number of fused-ring (bicyclic) bond motifs is 1. The average molecular weight is 471 g/mol. The van der Waals surface area contributed by atoms with Crippen molar-refractivity contribution in [2.24, 2.45) is 0 Å². The Labute approximate surface area is 183 Å². The first-order valence-corrected chi connectivity index (χ1v) is 10.8. The van der Waals surface area contributed by atoms with Gasteiger partial charge in [0.15, 0.2) is 0 Å². The van der Waals surface area contributed by atoms with Gasteiger partial charge >= 0.3 is 0 Å². The van der Waals surface area contributed by atoms with Crippen LogP contribution in [0.5, 0.6) is 0 Å². The molecule has 2 heterocycles. The Hall–Kier alpha value is -2.87. The van der Waals surface area contributed by atoms with E-state index in [1.807, 2.05) is 35.2 Å². The van der Waals surface area contributed by atoms with Crippen LogP contribution in [-0.4, -0.2) is 48.3 Å². The number of anilines is 3. The lowest BCUT2D eigenvalue weighted by atomic mass is 10.0. The van der Waals surface area contributed by atoms with Crippen molar-refractivity contribution < 1.29 is 14.4 Å². The van der Waals surface area contributed by atoms with E-state index in [-0.39, 0.29) is 30.7 Å². The second-order valence-corrected chi connectivity index (χ2v) is 8.41. The van der Waals surface area contributed by atoms with E-state index in [4.69, 9.17) is 0 Å². The SMILES string of the molecule is O=C(C[C@@H]1C(=O)Nc2ccccc2N1CC(=O)N1CCCC1)Nc1ccc(Br)cc1. The summed E-state index contributed by atoms with van der Waals surface area (Å²) in [4.78, 5) is 41.9. The number of para-hydroxylation sites is 2. The first-order valence-electron chi connectivity index (χ1n) is 10.0. The summed E-state index contributed by atoms with van der Waals surface area (Å²) < 4.78 is 0.912. The zero-order valence-electron chi connectivity index (χ0n) is 16.4. The number of amides is 3. The van der Waals surface area contributed by atoms with Crippen LogP contribution in [0.2, 0.25) is 0 Å². The van der Waals surface area contributed by atoms with Crippen molar-refractivity contribution in [1.29, 1.82) is 0 Å². The van der Waals surface area contributed by atoms with E-state index >= 15 is 0 Å². The predicted molar refractivity (Wildman–Crippen MR) is 119 cm³/mol. The maximum atomic E-state index is 12.8. The van der Waals surface area contributed by atoms with Crippen molar-refractivity contribution >= 4 is 50.7 Å². The molecule has 1 saturated heterocycles. The van der Waals surface area contributed by atoms with Gasteiger partial charge in [-0.05, 0) is 49.2 Å². The number of halogens is 1. The number of rotatable bonds is 5. The summed E-state index contributed by atoms with van der Waals surface area (Å²) in [6.45, 7) is 1.56. The molecule has 0 radical (unpaired) electrons. The van der Waals surface area contributed by atoms with Gasteiger partial charge in [0.25, 0.3) is 0 Å². The second kappa shape index (κ2) is 8.87. The average Bonchev–Trinajstić information content (AvgIpc) is 3.27. The predicted octanol–water partition coefficient (Wildman–Crippen LogP) is 3.23. The van der Waals surface area contributed by atoms with Crippen LogP contribution in [0.15, 0.2) is 53.0 Å². The van der Waals surface area contributed by atoms with Crippen molar-refractivity contribution in [3.05, 3.63) is 53.0 Å². The first kappa shape index (κ1) is 20.4. The third kappa shape index (κ3) is 4.48. The monoisotopic (exact) mass is 470 g/mol. The molecule has 0 unspecified atom stereocenters. The summed E-state index contributed by atoms with van der Waals surface area (Å²) in [6, 6.07) is 13.8. The number of likely N-dealkylation sites (tertiary alicyclic amines) is 1. The molecule has 156 valence electrons. The molecule has 2 N–H and O–H groups in total. The molecule has 4 rings (SSSR count). The molecule has 30 heavy (non-hydrogen) atoms. The van der Waals surface area contributed by atoms with E-state index in [0.29, 0.717) is 11.4 Å². The van der Waals surface area contributed by atoms with E-state index in [2.05, 4.69) is 26.6 Å². The quantitative estimate of drug-likeness (QED) is 0.702. The smallest absolute Gasteiger partial charge is 0.247 e. The highest BCUT2D eigenvalue weighted by Gasteiger charge is 2.36. The Balaban J connectivity index is 1.54. The van der Waals surface area contributed by atoms with E-state index in [1.165, 1.54) is 0 Å². The Morgan fingerprint density at radius 1 is 1.07 bits per heavy atom. The first-order chi connectivity index (χ1) is 14.5. The minimum Gasteiger partial charge on any atom is -0.348 e. The van der Waals surface area contributed by atoms with Crippen molar-refractivity contribution in [2.45, 2.75) is 25.3 Å². The van der Waals surface area contributed by atoms with Crippen molar-refractivity contribution in [1.82, 2.24) is 4.90 Å². The van der Waals surface area contributed by atoms with Crippen LogP contribution < -0.4 is 15.5 Å². The molecular formula is C22H23BrN4O3. The van der Waals surface area contributed by atoms with Crippen LogP contribution in [0.3, 0.4) is 0 Å². The van der Waals surface area contributed by atoms with Crippen LogP contribution in [0.25, 0.3) is 0 Å². The molecule has 0 aromatic heterocycles. The zero-order valence-corrected chi connectivity index (χ0v) is 18.0. The molecule has 8 heteroatoms. The molecule has 7 nitrogen and oxygen atoms in total. The lowest BCUT2D eigenvalue weighted by Gasteiger charge is -2.38. The van der Waals surface area contributed by atoms with Crippen LogP contribution >= 0.6 is 15.9 Å². The fourth-order valence-electron chi connectivity index (χ4n) is 3.89. The van der Waals surface area contributed by atoms with Crippen LogP contribution in [0.1, 0.15) is 19.3 Å². The third-order valence-electron chi connectivity index (χ3n) is 5.42. The topological polar surface area (TPSA) is 81.8 Å². The van der Waals surface area contributed by atoms with E-state index in [9.17, 15) is 14.4 Å². The number of hydrogen-bond acceptors (Lipinski definition) is 4. The maximum Gasteiger partial charge on any atom is 0.247 e. The number of carbonyl (C=O) groups is 3. The van der Waals surface area contributed by atoms with Crippen molar-refractivity contribution in [3.63, 3.8) is 0 Å². The van der Waals surface area contributed by atoms with Gasteiger partial charge in [0.1, 0.15) is 6.04 Å². The summed E-state index contributed by atoms with van der Waals surface area (Å²) in [6.07, 6.45) is 1.95. The summed E-state index contributed by atoms with van der Waals surface area (Å²) in [7, 11) is 0. The lowest BCUT2D eigenvalue weighted by molar-refractivity contribution is -0.129. The minimum absolute atomic E-state index is 0.0182. The second-order valence-electron chi connectivity index (χ2n) is 7.50. The zero-order chi connectivity index (χ0) is 21.1. The van der Waals surface area contributed by atoms with Gasteiger partial charge < -0.3 is 20.4 Å². The van der Waals surface area contributed by atoms with Gasteiger partial charge in [-0.3, -0.25) is 14.4 Å². The minimum atomic E-state index is -0.762. The molecule has 1 fully saturated rings. The van der Waals surface area contributed by atoms with Gasteiger partial charge in [-0.25, -0.2) is 0 Å². The normalized spacial score (nSPS) is 18.0. The van der Waals surface area contributed by atoms with Crippen LogP contribution in [0.4, 0.5) is 17.1 Å². The van der Waals surface area contributed by atoms with Gasteiger partial charge in [-0.2, -0.15) is 0 Å². The Bertz CT molecular complexity index is 957. The largest absolute Gasteiger partial charge is 0.348 e. The molecule has 0 aliphatic carbocycles. The number of benzene rings is 2. The molecule has 1 atom stereocenters. The summed E-state index contributed by atoms with van der Waals surface area (Å²) in [5.74, 6) is -0.584. The van der Waals surface area contributed by atoms with E-state index in [0.717, 1.165) is 36.1 Å². The highest BCUT2D eigenvalue weighted by molar-refractivity contribution is 9.10. The fraction of sp³-hybridized carbons (Fsp3) is 0.318. The van der Waals surface area contributed by atoms with Crippen LogP contribution in [0, 0.1) is 0 Å². The van der Waals surface area contributed by atoms with Gasteiger partial charge in [-0.1, -0.05) is 28.1 Å². The summed E-state index contributed by atoms with van der Waals surface area (Å²) in [5.41, 5.74) is 2.06. The number of nitrogens with zero attached hydrogens (tertiary/aromatic N) is 2. The molecule has 0 spiro atoms. The Kier molecular flexibility index (Phi) is 6.03. The van der Waals surface area contributed by atoms with Crippen molar-refractivity contribution in [2.75, 3.05) is 35.2 Å². The summed E-state index contributed by atoms with van der Waals surface area (Å²) >= 11 is 3.36. The molecule has 2 aliphatic heterocycles. The molecule has 0 bridgehead atoms. The van der Waals surface area contributed by atoms with E-state index < -0.39 is 6.04 Å². The Morgan fingerprint density at radius 2 is 1.77 bits per heavy atom. The standard InChI is InChI=1S/C22H23BrN4O3/c23-15-7-9-16(10-8-15)24-20(28)13-19-22(30)25-17-5-1-2-6-18(17)27(19)14-21(29)26-11-3-4-12-26/h1-2,5-10,19H,3-4,11-14H2,(H,24,28)(H,25,30)/t19-/m1/s1. The Morgan fingerprint density at radius 3 is 2.50 bits per heavy atom. The lowest BCUT2D eigenvalue weighted by Crippen LogP contribution is -2.53. The number of nitrogens with one attached hydrogen (secondary N) is 2. The van der Waals surface area contributed by atoms with Gasteiger partial charge in [-0.15, -0.1) is 0 Å². The van der Waals surface area contributed by atoms with E-state index in [1.54, 1.807) is 23.1 Å². The van der Waals surface area contributed by atoms with Gasteiger partial charge in [0.2, 0.25) is 17.7 Å². The maximum absolute atomic E-state index is 12.8.